The van der Waals surface area contributed by atoms with Crippen molar-refractivity contribution in [3.8, 4) is 0 Å². The van der Waals surface area contributed by atoms with E-state index < -0.39 is 11.9 Å². The molecule has 8 nitrogen and oxygen atoms in total. The van der Waals surface area contributed by atoms with Crippen molar-refractivity contribution in [2.75, 3.05) is 18.9 Å². The maximum atomic E-state index is 13.7. The number of carbonyl (C=O) groups excluding carboxylic acids is 1. The van der Waals surface area contributed by atoms with E-state index in [2.05, 4.69) is 15.3 Å². The second-order valence-electron chi connectivity index (χ2n) is 7.17. The lowest BCUT2D eigenvalue weighted by molar-refractivity contribution is -0.00535. The van der Waals surface area contributed by atoms with E-state index >= 15 is 0 Å². The van der Waals surface area contributed by atoms with E-state index in [1.54, 1.807) is 0 Å². The summed E-state index contributed by atoms with van der Waals surface area (Å²) < 4.78 is 23.9. The summed E-state index contributed by atoms with van der Waals surface area (Å²) in [7, 11) is 0. The van der Waals surface area contributed by atoms with Crippen LogP contribution in [0, 0.1) is 5.82 Å². The van der Waals surface area contributed by atoms with E-state index in [1.807, 2.05) is 13.8 Å². The molecule has 1 aromatic rings. The third-order valence-electron chi connectivity index (χ3n) is 4.38. The minimum Gasteiger partial charge on any atom is -0.446 e. The van der Waals surface area contributed by atoms with Crippen molar-refractivity contribution in [2.24, 2.45) is 0 Å². The first-order valence-corrected chi connectivity index (χ1v) is 9.36. The van der Waals surface area contributed by atoms with Gasteiger partial charge in [-0.2, -0.15) is 0 Å². The molecule has 9 heteroatoms. The smallest absolute Gasteiger partial charge is 0.407 e. The monoisotopic (exact) mass is 384 g/mol. The number of anilines is 1. The third-order valence-corrected chi connectivity index (χ3v) is 4.38. The number of carbonyl (C=O) groups is 1. The number of amides is 1. The number of hydrogen-bond donors (Lipinski definition) is 3. The summed E-state index contributed by atoms with van der Waals surface area (Å²) in [6.07, 6.45) is 4.14. The van der Waals surface area contributed by atoms with Crippen LogP contribution in [0.3, 0.4) is 0 Å². The molecule has 1 amide bonds. The summed E-state index contributed by atoms with van der Waals surface area (Å²) in [5.41, 5.74) is 5.79. The molecule has 1 saturated carbocycles. The number of nitrogens with two attached hydrogens (primary N) is 1. The van der Waals surface area contributed by atoms with Crippen LogP contribution >= 0.6 is 0 Å². The molecule has 1 aliphatic carbocycles. The molecule has 2 heterocycles. The standard InChI is InChI=1S/C13H19FN4O2.C5H10O2/c1-7(2)17-13(19)20-9-4-3-8(5-9)11-10(14)6-16-12(15)18-11;6-5-2-1-3-7-4-5/h6-9H,3-5H2,1-2H3,(H,17,19)(H2,15,16,18);5-6H,1-4H2/t8-,9?;/m1./s1. The number of nitrogens with one attached hydrogen (secondary N) is 1. The number of nitrogen functional groups attached to an aromatic ring is 1. The summed E-state index contributed by atoms with van der Waals surface area (Å²) in [6.45, 7) is 5.09. The molecule has 1 aliphatic heterocycles. The molecule has 0 spiro atoms. The average Bonchev–Trinajstić information content (AvgIpc) is 3.05. The van der Waals surface area contributed by atoms with Gasteiger partial charge in [0, 0.05) is 18.6 Å². The largest absolute Gasteiger partial charge is 0.446 e. The average molecular weight is 384 g/mol. The topological polar surface area (TPSA) is 120 Å². The zero-order valence-corrected chi connectivity index (χ0v) is 15.9. The first-order chi connectivity index (χ1) is 12.8. The number of nitrogens with zero attached hydrogens (tertiary/aromatic N) is 2. The van der Waals surface area contributed by atoms with Gasteiger partial charge >= 0.3 is 6.09 Å². The van der Waals surface area contributed by atoms with Crippen LogP contribution in [-0.4, -0.2) is 52.6 Å². The van der Waals surface area contributed by atoms with Gasteiger partial charge in [-0.15, -0.1) is 0 Å². The van der Waals surface area contributed by atoms with E-state index in [0.717, 1.165) is 25.6 Å². The van der Waals surface area contributed by atoms with Crippen molar-refractivity contribution in [3.63, 3.8) is 0 Å². The normalized spacial score (nSPS) is 24.9. The van der Waals surface area contributed by atoms with Gasteiger partial charge in [0.05, 0.1) is 24.6 Å². The molecule has 2 unspecified atom stereocenters. The lowest BCUT2D eigenvalue weighted by atomic mass is 10.0. The number of rotatable bonds is 3. The van der Waals surface area contributed by atoms with Crippen molar-refractivity contribution in [1.82, 2.24) is 15.3 Å². The summed E-state index contributed by atoms with van der Waals surface area (Å²) >= 11 is 0. The zero-order chi connectivity index (χ0) is 19.8. The van der Waals surface area contributed by atoms with Crippen LogP contribution in [0.15, 0.2) is 6.20 Å². The second kappa shape index (κ2) is 10.4. The number of ether oxygens (including phenoxy) is 2. The van der Waals surface area contributed by atoms with Crippen LogP contribution in [0.2, 0.25) is 0 Å². The number of alkyl carbamates (subject to hydrolysis) is 1. The Morgan fingerprint density at radius 3 is 2.81 bits per heavy atom. The van der Waals surface area contributed by atoms with Crippen LogP contribution in [0.1, 0.15) is 57.6 Å². The Bertz CT molecular complexity index is 611. The van der Waals surface area contributed by atoms with Crippen LogP contribution in [0.5, 0.6) is 0 Å². The SMILES string of the molecule is CC(C)NC(=O)OC1CC[C@@H](c2nc(N)ncc2F)C1.OC1CCCOC1. The van der Waals surface area contributed by atoms with E-state index in [0.29, 0.717) is 31.6 Å². The Morgan fingerprint density at radius 2 is 2.22 bits per heavy atom. The van der Waals surface area contributed by atoms with Crippen LogP contribution in [0.4, 0.5) is 15.1 Å². The highest BCUT2D eigenvalue weighted by molar-refractivity contribution is 5.67. The van der Waals surface area contributed by atoms with Gasteiger partial charge in [0.2, 0.25) is 5.95 Å². The predicted molar refractivity (Wildman–Crippen MR) is 97.6 cm³/mol. The van der Waals surface area contributed by atoms with Gasteiger partial charge < -0.3 is 25.6 Å². The molecule has 2 fully saturated rings. The summed E-state index contributed by atoms with van der Waals surface area (Å²) in [5, 5.41) is 11.4. The Kier molecular flexibility index (Phi) is 8.18. The van der Waals surface area contributed by atoms with Crippen molar-refractivity contribution < 1.29 is 23.8 Å². The summed E-state index contributed by atoms with van der Waals surface area (Å²) in [4.78, 5) is 19.1. The highest BCUT2D eigenvalue weighted by Crippen LogP contribution is 2.36. The Labute approximate surface area is 158 Å². The van der Waals surface area contributed by atoms with Crippen molar-refractivity contribution in [1.29, 1.82) is 0 Å². The van der Waals surface area contributed by atoms with Crippen LogP contribution in [-0.2, 0) is 9.47 Å². The van der Waals surface area contributed by atoms with E-state index in [4.69, 9.17) is 20.3 Å². The fraction of sp³-hybridized carbons (Fsp3) is 0.722. The van der Waals surface area contributed by atoms with Gasteiger partial charge in [-0.05, 0) is 46.0 Å². The van der Waals surface area contributed by atoms with E-state index in [1.165, 1.54) is 0 Å². The highest BCUT2D eigenvalue weighted by atomic mass is 19.1. The number of aliphatic hydroxyl groups excluding tert-OH is 1. The number of aromatic nitrogens is 2. The van der Waals surface area contributed by atoms with Crippen LogP contribution in [0.25, 0.3) is 0 Å². The van der Waals surface area contributed by atoms with Gasteiger partial charge in [0.25, 0.3) is 0 Å². The van der Waals surface area contributed by atoms with Crippen molar-refractivity contribution in [3.05, 3.63) is 17.7 Å². The molecule has 27 heavy (non-hydrogen) atoms. The first-order valence-electron chi connectivity index (χ1n) is 9.36. The molecule has 0 radical (unpaired) electrons. The maximum absolute atomic E-state index is 13.7. The molecular weight excluding hydrogens is 355 g/mol. The van der Waals surface area contributed by atoms with Crippen molar-refractivity contribution in [2.45, 2.75) is 70.1 Å². The molecule has 152 valence electrons. The summed E-state index contributed by atoms with van der Waals surface area (Å²) in [6, 6.07) is 0.0267. The Balaban J connectivity index is 0.000000313. The molecule has 3 rings (SSSR count). The van der Waals surface area contributed by atoms with E-state index in [-0.39, 0.29) is 30.1 Å². The van der Waals surface area contributed by atoms with E-state index in [9.17, 15) is 9.18 Å². The van der Waals surface area contributed by atoms with Gasteiger partial charge in [-0.1, -0.05) is 0 Å². The van der Waals surface area contributed by atoms with Gasteiger partial charge in [-0.25, -0.2) is 19.2 Å². The quantitative estimate of drug-likeness (QED) is 0.730. The first kappa shape index (κ1) is 21.3. The fourth-order valence-corrected chi connectivity index (χ4v) is 3.12. The summed E-state index contributed by atoms with van der Waals surface area (Å²) in [5.74, 6) is -0.489. The lowest BCUT2D eigenvalue weighted by Gasteiger charge is -2.15. The molecular formula is C18H29FN4O4. The molecule has 1 aromatic heterocycles. The van der Waals surface area contributed by atoms with Crippen LogP contribution < -0.4 is 11.1 Å². The third kappa shape index (κ3) is 7.26. The van der Waals surface area contributed by atoms with Gasteiger partial charge in [0.1, 0.15) is 6.10 Å². The molecule has 3 atom stereocenters. The molecule has 2 aliphatic rings. The molecule has 4 N–H and O–H groups in total. The van der Waals surface area contributed by atoms with Gasteiger partial charge in [-0.3, -0.25) is 0 Å². The number of aliphatic hydroxyl groups is 1. The van der Waals surface area contributed by atoms with Crippen molar-refractivity contribution >= 4 is 12.0 Å². The lowest BCUT2D eigenvalue weighted by Crippen LogP contribution is -2.33. The minimum atomic E-state index is -0.462. The fourth-order valence-electron chi connectivity index (χ4n) is 3.12. The second-order valence-corrected chi connectivity index (χ2v) is 7.17. The Hall–Kier alpha value is -2.00. The zero-order valence-electron chi connectivity index (χ0n) is 15.9. The maximum Gasteiger partial charge on any atom is 0.407 e. The minimum absolute atomic E-state index is 0.0267. The Morgan fingerprint density at radius 1 is 1.44 bits per heavy atom. The number of hydrogen-bond acceptors (Lipinski definition) is 7. The number of halogens is 1. The predicted octanol–water partition coefficient (Wildman–Crippen LogP) is 2.13. The highest BCUT2D eigenvalue weighted by Gasteiger charge is 2.31. The van der Waals surface area contributed by atoms with Gasteiger partial charge in [0.15, 0.2) is 5.82 Å². The molecule has 1 saturated heterocycles. The molecule has 0 bridgehead atoms. The molecule has 0 aromatic carbocycles.